The van der Waals surface area contributed by atoms with E-state index in [-0.39, 0.29) is 12.4 Å². The van der Waals surface area contributed by atoms with E-state index in [0.29, 0.717) is 11.5 Å². The lowest BCUT2D eigenvalue weighted by Crippen LogP contribution is -1.96. The molecule has 27 heavy (non-hydrogen) atoms. The van der Waals surface area contributed by atoms with Gasteiger partial charge in [-0.2, -0.15) is 0 Å². The van der Waals surface area contributed by atoms with Crippen molar-refractivity contribution in [2.75, 3.05) is 0 Å². The predicted octanol–water partition coefficient (Wildman–Crippen LogP) is 7.10. The van der Waals surface area contributed by atoms with E-state index in [0.717, 1.165) is 23.3 Å². The summed E-state index contributed by atoms with van der Waals surface area (Å²) in [5.74, 6) is 0.449. The lowest BCUT2D eigenvalue weighted by molar-refractivity contribution is 0.0697. The molecular formula is C22H35ClN2O2. The van der Waals surface area contributed by atoms with Crippen LogP contribution >= 0.6 is 12.4 Å². The van der Waals surface area contributed by atoms with E-state index >= 15 is 0 Å². The summed E-state index contributed by atoms with van der Waals surface area (Å²) in [4.78, 5) is 19.0. The zero-order valence-electron chi connectivity index (χ0n) is 16.8. The van der Waals surface area contributed by atoms with Gasteiger partial charge in [0.1, 0.15) is 5.82 Å². The summed E-state index contributed by atoms with van der Waals surface area (Å²) in [5, 5.41) is 9.08. The van der Waals surface area contributed by atoms with E-state index in [2.05, 4.69) is 23.8 Å². The van der Waals surface area contributed by atoms with Crippen molar-refractivity contribution in [3.8, 4) is 0 Å². The molecule has 0 aliphatic rings. The second kappa shape index (κ2) is 12.8. The third-order valence-corrected chi connectivity index (χ3v) is 5.20. The van der Waals surface area contributed by atoms with Crippen LogP contribution in [0.3, 0.4) is 0 Å². The van der Waals surface area contributed by atoms with Gasteiger partial charge in [0, 0.05) is 5.92 Å². The van der Waals surface area contributed by atoms with Gasteiger partial charge in [0.25, 0.3) is 0 Å². The molecule has 0 radical (unpaired) electrons. The molecule has 2 rings (SSSR count). The number of nitrogens with one attached hydrogen (secondary N) is 1. The molecular weight excluding hydrogens is 360 g/mol. The van der Waals surface area contributed by atoms with E-state index in [1.54, 1.807) is 18.2 Å². The second-order valence-corrected chi connectivity index (χ2v) is 7.53. The number of unbranched alkanes of at least 4 members (excludes halogenated alkanes) is 9. The number of H-pyrrole nitrogens is 1. The van der Waals surface area contributed by atoms with E-state index in [9.17, 15) is 4.79 Å². The number of aromatic amines is 1. The summed E-state index contributed by atoms with van der Waals surface area (Å²) in [6.07, 6.45) is 14.6. The van der Waals surface area contributed by atoms with E-state index in [4.69, 9.17) is 5.11 Å². The molecule has 1 unspecified atom stereocenters. The Morgan fingerprint density at radius 3 is 2.22 bits per heavy atom. The van der Waals surface area contributed by atoms with Crippen molar-refractivity contribution >= 4 is 29.4 Å². The van der Waals surface area contributed by atoms with Crippen LogP contribution in [0.5, 0.6) is 0 Å². The predicted molar refractivity (Wildman–Crippen MR) is 115 cm³/mol. The Morgan fingerprint density at radius 2 is 1.63 bits per heavy atom. The summed E-state index contributed by atoms with van der Waals surface area (Å²) in [6, 6.07) is 5.07. The van der Waals surface area contributed by atoms with Crippen LogP contribution in [0.2, 0.25) is 0 Å². The number of halogens is 1. The molecule has 1 atom stereocenters. The van der Waals surface area contributed by atoms with Crippen molar-refractivity contribution in [1.29, 1.82) is 0 Å². The molecule has 2 N–H and O–H groups in total. The van der Waals surface area contributed by atoms with Crippen LogP contribution in [0.4, 0.5) is 0 Å². The number of benzene rings is 1. The molecule has 152 valence electrons. The minimum absolute atomic E-state index is 0. The Bertz CT molecular complexity index is 684. The fourth-order valence-electron chi connectivity index (χ4n) is 3.47. The van der Waals surface area contributed by atoms with Crippen molar-refractivity contribution in [3.05, 3.63) is 29.6 Å². The van der Waals surface area contributed by atoms with Crippen LogP contribution in [0.1, 0.15) is 107 Å². The molecule has 1 aromatic carbocycles. The molecule has 0 saturated carbocycles. The summed E-state index contributed by atoms with van der Waals surface area (Å²) in [6.45, 7) is 4.46. The largest absolute Gasteiger partial charge is 0.478 e. The Kier molecular flexibility index (Phi) is 11.1. The molecule has 0 amide bonds. The molecule has 0 aliphatic heterocycles. The first-order chi connectivity index (χ1) is 12.6. The molecule has 0 fully saturated rings. The van der Waals surface area contributed by atoms with Gasteiger partial charge >= 0.3 is 5.97 Å². The maximum absolute atomic E-state index is 11.1. The highest BCUT2D eigenvalue weighted by Gasteiger charge is 2.12. The van der Waals surface area contributed by atoms with Gasteiger partial charge in [0.15, 0.2) is 0 Å². The van der Waals surface area contributed by atoms with Crippen molar-refractivity contribution < 1.29 is 9.90 Å². The molecule has 1 heterocycles. The number of hydrogen-bond donors (Lipinski definition) is 2. The summed E-state index contributed by atoms with van der Waals surface area (Å²) in [7, 11) is 0. The van der Waals surface area contributed by atoms with Gasteiger partial charge in [-0.3, -0.25) is 0 Å². The van der Waals surface area contributed by atoms with Gasteiger partial charge in [-0.15, -0.1) is 12.4 Å². The molecule has 0 saturated heterocycles. The maximum atomic E-state index is 11.1. The highest BCUT2D eigenvalue weighted by atomic mass is 35.5. The van der Waals surface area contributed by atoms with Gasteiger partial charge in [-0.1, -0.05) is 78.1 Å². The van der Waals surface area contributed by atoms with Crippen molar-refractivity contribution in [2.24, 2.45) is 0 Å². The Balaban J connectivity index is 0.00000364. The smallest absolute Gasteiger partial charge is 0.335 e. The quantitative estimate of drug-likeness (QED) is 0.356. The van der Waals surface area contributed by atoms with Gasteiger partial charge in [0.05, 0.1) is 16.6 Å². The van der Waals surface area contributed by atoms with Gasteiger partial charge in [0.2, 0.25) is 0 Å². The number of carbonyl (C=O) groups is 1. The van der Waals surface area contributed by atoms with Crippen molar-refractivity contribution in [3.63, 3.8) is 0 Å². The number of imidazole rings is 1. The lowest BCUT2D eigenvalue weighted by Gasteiger charge is -2.08. The number of fused-ring (bicyclic) bond motifs is 1. The van der Waals surface area contributed by atoms with Gasteiger partial charge < -0.3 is 10.1 Å². The normalized spacial score (nSPS) is 12.1. The van der Waals surface area contributed by atoms with Crippen LogP contribution in [-0.2, 0) is 0 Å². The van der Waals surface area contributed by atoms with Crippen LogP contribution in [0, 0.1) is 0 Å². The van der Waals surface area contributed by atoms with Crippen molar-refractivity contribution in [2.45, 2.75) is 90.4 Å². The molecule has 5 heteroatoms. The standard InChI is InChI=1S/C22H34N2O2.ClH/c1-3-4-5-6-7-8-9-10-11-12-13-17(2)21-23-19-15-14-18(22(25)26)16-20(19)24-21;/h14-17H,3-13H2,1-2H3,(H,23,24)(H,25,26);1H. The first kappa shape index (κ1) is 23.5. The first-order valence-electron chi connectivity index (χ1n) is 10.3. The Labute approximate surface area is 169 Å². The number of aromatic nitrogens is 2. The number of nitrogens with zero attached hydrogens (tertiary/aromatic N) is 1. The Hall–Kier alpha value is -1.55. The first-order valence-corrected chi connectivity index (χ1v) is 10.3. The molecule has 0 spiro atoms. The van der Waals surface area contributed by atoms with Gasteiger partial charge in [-0.05, 0) is 24.6 Å². The lowest BCUT2D eigenvalue weighted by atomic mass is 10.0. The van der Waals surface area contributed by atoms with Crippen LogP contribution in [0.15, 0.2) is 18.2 Å². The summed E-state index contributed by atoms with van der Waals surface area (Å²) < 4.78 is 0. The molecule has 0 bridgehead atoms. The van der Waals surface area contributed by atoms with E-state index in [1.807, 2.05) is 0 Å². The maximum Gasteiger partial charge on any atom is 0.335 e. The molecule has 4 nitrogen and oxygen atoms in total. The zero-order chi connectivity index (χ0) is 18.8. The number of hydrogen-bond acceptors (Lipinski definition) is 2. The molecule has 0 aliphatic carbocycles. The van der Waals surface area contributed by atoms with Crippen molar-refractivity contribution in [1.82, 2.24) is 9.97 Å². The number of carboxylic acids is 1. The SMILES string of the molecule is CCCCCCCCCCCCC(C)c1nc2ccc(C(=O)O)cc2[nH]1.Cl. The topological polar surface area (TPSA) is 66.0 Å². The number of aromatic carboxylic acids is 1. The van der Waals surface area contributed by atoms with E-state index in [1.165, 1.54) is 64.2 Å². The minimum Gasteiger partial charge on any atom is -0.478 e. The fourth-order valence-corrected chi connectivity index (χ4v) is 3.47. The molecule has 1 aromatic heterocycles. The average Bonchev–Trinajstić information content (AvgIpc) is 3.06. The second-order valence-electron chi connectivity index (χ2n) is 7.53. The Morgan fingerprint density at radius 1 is 1.04 bits per heavy atom. The summed E-state index contributed by atoms with van der Waals surface area (Å²) in [5.41, 5.74) is 1.96. The monoisotopic (exact) mass is 394 g/mol. The third kappa shape index (κ3) is 7.92. The highest BCUT2D eigenvalue weighted by molar-refractivity contribution is 5.92. The fraction of sp³-hybridized carbons (Fsp3) is 0.636. The minimum atomic E-state index is -0.901. The van der Waals surface area contributed by atoms with E-state index < -0.39 is 5.97 Å². The van der Waals surface area contributed by atoms with Crippen LogP contribution < -0.4 is 0 Å². The van der Waals surface area contributed by atoms with Gasteiger partial charge in [-0.25, -0.2) is 9.78 Å². The number of carboxylic acid groups (broad SMARTS) is 1. The van der Waals surface area contributed by atoms with Crippen LogP contribution in [-0.4, -0.2) is 21.0 Å². The zero-order valence-corrected chi connectivity index (χ0v) is 17.6. The number of rotatable bonds is 13. The summed E-state index contributed by atoms with van der Waals surface area (Å²) >= 11 is 0. The third-order valence-electron chi connectivity index (χ3n) is 5.20. The van der Waals surface area contributed by atoms with Crippen LogP contribution in [0.25, 0.3) is 11.0 Å². The average molecular weight is 395 g/mol. The highest BCUT2D eigenvalue weighted by Crippen LogP contribution is 2.23. The molecule has 2 aromatic rings.